The first kappa shape index (κ1) is 43.0. The van der Waals surface area contributed by atoms with Crippen molar-refractivity contribution in [3.63, 3.8) is 0 Å². The molecule has 2 unspecified atom stereocenters. The Labute approximate surface area is 303 Å². The second-order valence-corrected chi connectivity index (χ2v) is 14.6. The van der Waals surface area contributed by atoms with E-state index in [1.165, 1.54) is 14.0 Å². The molecule has 1 aliphatic heterocycles. The van der Waals surface area contributed by atoms with Gasteiger partial charge in [-0.2, -0.15) is 0 Å². The molecule has 20 heteroatoms. The number of amides is 1. The number of halogens is 2. The fourth-order valence-electron chi connectivity index (χ4n) is 4.99. The molecule has 0 saturated heterocycles. The summed E-state index contributed by atoms with van der Waals surface area (Å²) in [6, 6.07) is 2.73. The molecule has 17 nitrogen and oxygen atoms in total. The molecule has 2 atom stereocenters. The minimum Gasteiger partial charge on any atom is -0.503 e. The average Bonchev–Trinajstić information content (AvgIpc) is 3.06. The highest BCUT2D eigenvalue weighted by atomic mass is 31.2. The summed E-state index contributed by atoms with van der Waals surface area (Å²) in [5.74, 6) is -4.51. The van der Waals surface area contributed by atoms with E-state index in [0.717, 1.165) is 22.9 Å². The summed E-state index contributed by atoms with van der Waals surface area (Å²) in [4.78, 5) is 63.7. The van der Waals surface area contributed by atoms with Crippen LogP contribution in [0.1, 0.15) is 67.4 Å². The number of fused-ring (bicyclic) bond motifs is 1. The normalized spacial score (nSPS) is 17.0. The minimum atomic E-state index is -4.28. The van der Waals surface area contributed by atoms with Crippen LogP contribution in [0.25, 0.3) is 0 Å². The number of hydrogen-bond acceptors (Lipinski definition) is 15. The maximum absolute atomic E-state index is 14.1. The van der Waals surface area contributed by atoms with Gasteiger partial charge in [-0.1, -0.05) is 6.07 Å². The van der Waals surface area contributed by atoms with Gasteiger partial charge >= 0.3 is 19.9 Å². The lowest BCUT2D eigenvalue weighted by atomic mass is 9.73. The lowest BCUT2D eigenvalue weighted by Gasteiger charge is -2.41. The summed E-state index contributed by atoms with van der Waals surface area (Å²) in [7, 11) is -2.88. The minimum absolute atomic E-state index is 0.0361. The first-order valence-corrected chi connectivity index (χ1v) is 18.0. The zero-order valence-electron chi connectivity index (χ0n) is 30.0. The second kappa shape index (κ2) is 19.1. The van der Waals surface area contributed by atoms with Crippen molar-refractivity contribution in [1.29, 1.82) is 0 Å². The van der Waals surface area contributed by atoms with E-state index < -0.39 is 122 Å². The number of nitrogens with one attached hydrogen (secondary N) is 1. The third-order valence-corrected chi connectivity index (χ3v) is 9.52. The molecule has 1 aromatic carbocycles. The van der Waals surface area contributed by atoms with E-state index in [9.17, 15) is 42.4 Å². The topological polar surface area (TPSA) is 213 Å². The summed E-state index contributed by atoms with van der Waals surface area (Å²) in [5.41, 5.74) is -3.66. The van der Waals surface area contributed by atoms with Gasteiger partial charge < -0.3 is 43.4 Å². The fourth-order valence-corrected chi connectivity index (χ4v) is 6.08. The lowest BCUT2D eigenvalue weighted by molar-refractivity contribution is -0.0480. The number of Topliss-reactive ketones (excluding diaryl/α,β-unsaturated/α-hetero) is 1. The highest BCUT2D eigenvalue weighted by molar-refractivity contribution is 7.53. The van der Waals surface area contributed by atoms with Crippen LogP contribution in [-0.2, 0) is 55.1 Å². The number of ketones is 1. The Morgan fingerprint density at radius 3 is 2.17 bits per heavy atom. The van der Waals surface area contributed by atoms with Gasteiger partial charge in [-0.05, 0) is 47.1 Å². The summed E-state index contributed by atoms with van der Waals surface area (Å²) in [6.45, 7) is 5.01. The highest BCUT2D eigenvalue weighted by Crippen LogP contribution is 2.48. The number of methoxy groups -OCH3 is 1. The molecule has 0 radical (unpaired) electrons. The maximum Gasteiger partial charge on any atom is 0.510 e. The van der Waals surface area contributed by atoms with E-state index in [-0.39, 0.29) is 25.1 Å². The highest BCUT2D eigenvalue weighted by Gasteiger charge is 2.48. The van der Waals surface area contributed by atoms with Crippen molar-refractivity contribution >= 4 is 31.6 Å². The number of aromatic hydroxyl groups is 1. The van der Waals surface area contributed by atoms with E-state index in [4.69, 9.17) is 37.5 Å². The van der Waals surface area contributed by atoms with E-state index >= 15 is 0 Å². The van der Waals surface area contributed by atoms with Crippen molar-refractivity contribution in [1.82, 2.24) is 9.88 Å². The summed E-state index contributed by atoms with van der Waals surface area (Å²) >= 11 is 0. The quantitative estimate of drug-likeness (QED) is 0.120. The number of pyridine rings is 1. The van der Waals surface area contributed by atoms with Gasteiger partial charge in [-0.15, -0.1) is 0 Å². The molecule has 0 spiro atoms. The molecular weight excluding hydrogens is 733 g/mol. The molecule has 0 aliphatic carbocycles. The van der Waals surface area contributed by atoms with Crippen LogP contribution in [0.15, 0.2) is 29.2 Å². The Morgan fingerprint density at radius 1 is 1.02 bits per heavy atom. The zero-order chi connectivity index (χ0) is 39.5. The SMILES string of the molecule is COCCC1(C)C(=O)c2c(O)c(=O)c(C(=O)NCc3ccc(F)cc3F)cn2CC1OCCP(=O)(OCOC(=O)OC(C)C)OCOC(=O)OC(C)C. The number of rotatable bonds is 18. The van der Waals surface area contributed by atoms with Crippen molar-refractivity contribution in [3.8, 4) is 5.75 Å². The summed E-state index contributed by atoms with van der Waals surface area (Å²) in [5, 5.41) is 13.2. The Kier molecular flexibility index (Phi) is 15.5. The summed E-state index contributed by atoms with van der Waals surface area (Å²) in [6.07, 6.45) is -3.80. The number of carbonyl (C=O) groups excluding carboxylic acids is 4. The van der Waals surface area contributed by atoms with Gasteiger partial charge in [0.05, 0.1) is 43.0 Å². The number of nitrogens with zero attached hydrogens (tertiary/aromatic N) is 1. The Morgan fingerprint density at radius 2 is 1.62 bits per heavy atom. The van der Waals surface area contributed by atoms with Gasteiger partial charge in [0.2, 0.25) is 19.0 Å². The Bertz CT molecular complexity index is 1720. The molecule has 0 fully saturated rings. The first-order chi connectivity index (χ1) is 24.9. The zero-order valence-corrected chi connectivity index (χ0v) is 30.9. The van der Waals surface area contributed by atoms with Gasteiger partial charge in [-0.3, -0.25) is 28.0 Å². The number of hydrogen-bond donors (Lipinski definition) is 2. The molecule has 1 amide bonds. The van der Waals surface area contributed by atoms with Crippen LogP contribution in [0, 0.1) is 17.0 Å². The molecule has 2 heterocycles. The fraction of sp³-hybridized carbons (Fsp3) is 0.545. The van der Waals surface area contributed by atoms with Crippen molar-refractivity contribution in [2.75, 3.05) is 40.1 Å². The van der Waals surface area contributed by atoms with Crippen LogP contribution in [-0.4, -0.2) is 92.1 Å². The Hall–Kier alpha value is -4.42. The third-order valence-electron chi connectivity index (χ3n) is 7.79. The molecule has 294 valence electrons. The van der Waals surface area contributed by atoms with Crippen LogP contribution in [0.4, 0.5) is 18.4 Å². The predicted molar refractivity (Wildman–Crippen MR) is 178 cm³/mol. The van der Waals surface area contributed by atoms with Crippen LogP contribution in [0.3, 0.4) is 0 Å². The van der Waals surface area contributed by atoms with Gasteiger partial charge in [-0.25, -0.2) is 18.4 Å². The van der Waals surface area contributed by atoms with Crippen molar-refractivity contribution in [3.05, 3.63) is 63.1 Å². The molecule has 2 N–H and O–H groups in total. The molecule has 53 heavy (non-hydrogen) atoms. The molecular formula is C33H43F2N2O15P. The van der Waals surface area contributed by atoms with E-state index in [1.807, 2.05) is 0 Å². The number of carbonyl (C=O) groups is 4. The van der Waals surface area contributed by atoms with Crippen molar-refractivity contribution < 1.29 is 75.1 Å². The monoisotopic (exact) mass is 776 g/mol. The number of aromatic nitrogens is 1. The van der Waals surface area contributed by atoms with Crippen molar-refractivity contribution in [2.24, 2.45) is 5.41 Å². The largest absolute Gasteiger partial charge is 0.510 e. The van der Waals surface area contributed by atoms with Gasteiger partial charge in [0.15, 0.2) is 11.5 Å². The predicted octanol–water partition coefficient (Wildman–Crippen LogP) is 4.65. The third kappa shape index (κ3) is 11.8. The molecule has 2 aromatic rings. The summed E-state index contributed by atoms with van der Waals surface area (Å²) < 4.78 is 83.1. The standard InChI is InChI=1S/C33H43F2N2O15P/c1-19(2)51-31(42)47-17-49-53(44,50-18-48-32(43)52-20(3)4)12-11-46-25-16-37-15-23(30(41)36-14-21-7-8-22(34)13-24(21)35)27(38)28(39)26(37)29(40)33(25,5)9-10-45-6/h7-8,13,15,19-20,25,39H,9-12,14,16-18H2,1-6H3,(H,36,41). The molecule has 3 rings (SSSR count). The van der Waals surface area contributed by atoms with E-state index in [1.54, 1.807) is 27.7 Å². The van der Waals surface area contributed by atoms with Crippen LogP contribution < -0.4 is 10.7 Å². The molecule has 1 aromatic heterocycles. The molecule has 0 bridgehead atoms. The number of benzene rings is 1. The van der Waals surface area contributed by atoms with Crippen molar-refractivity contribution in [2.45, 2.75) is 72.4 Å². The Balaban J connectivity index is 1.83. The van der Waals surface area contributed by atoms with Gasteiger partial charge in [0.1, 0.15) is 22.9 Å². The van der Waals surface area contributed by atoms with E-state index in [0.29, 0.717) is 6.07 Å². The first-order valence-electron chi connectivity index (χ1n) is 16.3. The average molecular weight is 777 g/mol. The van der Waals surface area contributed by atoms with Crippen LogP contribution >= 0.6 is 7.60 Å². The molecule has 0 saturated carbocycles. The van der Waals surface area contributed by atoms with Crippen LogP contribution in [0.5, 0.6) is 5.75 Å². The number of ether oxygens (including phenoxy) is 6. The van der Waals surface area contributed by atoms with E-state index in [2.05, 4.69) is 5.32 Å². The smallest absolute Gasteiger partial charge is 0.503 e. The lowest BCUT2D eigenvalue weighted by Crippen LogP contribution is -2.51. The molecule has 1 aliphatic rings. The van der Waals surface area contributed by atoms with Gasteiger partial charge in [0, 0.05) is 38.1 Å². The van der Waals surface area contributed by atoms with Crippen LogP contribution in [0.2, 0.25) is 0 Å². The maximum atomic E-state index is 14.1. The van der Waals surface area contributed by atoms with Gasteiger partial charge in [0.25, 0.3) is 5.91 Å². The second-order valence-electron chi connectivity index (χ2n) is 12.4.